The third-order valence-corrected chi connectivity index (χ3v) is 5.91. The molecule has 1 aliphatic rings. The highest BCUT2D eigenvalue weighted by Crippen LogP contribution is 2.36. The van der Waals surface area contributed by atoms with E-state index >= 15 is 0 Å². The first-order chi connectivity index (χ1) is 11.8. The predicted octanol–water partition coefficient (Wildman–Crippen LogP) is 2.34. The van der Waals surface area contributed by atoms with Crippen LogP contribution in [-0.2, 0) is 22.0 Å². The van der Waals surface area contributed by atoms with Gasteiger partial charge >= 0.3 is 0 Å². The number of nitrogens with one attached hydrogen (secondary N) is 1. The maximum absolute atomic E-state index is 13.3. The molecule has 0 spiro atoms. The summed E-state index contributed by atoms with van der Waals surface area (Å²) in [6, 6.07) is 10.2. The van der Waals surface area contributed by atoms with Gasteiger partial charge in [0.15, 0.2) is 0 Å². The van der Waals surface area contributed by atoms with E-state index in [0.717, 1.165) is 24.5 Å². The highest BCUT2D eigenvalue weighted by molar-refractivity contribution is 7.89. The second-order valence-corrected chi connectivity index (χ2v) is 7.96. The van der Waals surface area contributed by atoms with Crippen molar-refractivity contribution in [3.8, 4) is 5.75 Å². The maximum Gasteiger partial charge on any atom is 0.240 e. The quantitative estimate of drug-likeness (QED) is 0.853. The molecule has 5 nitrogen and oxygen atoms in total. The SMILES string of the molecule is COc1ccc2c(c1)CCCC2(O)CNS(=O)(=O)c1cccc(F)c1. The minimum absolute atomic E-state index is 0.165. The number of aryl methyl sites for hydroxylation is 1. The molecular weight excluding hydrogens is 345 g/mol. The van der Waals surface area contributed by atoms with E-state index in [-0.39, 0.29) is 11.4 Å². The summed E-state index contributed by atoms with van der Waals surface area (Å²) in [5.74, 6) is 0.0695. The summed E-state index contributed by atoms with van der Waals surface area (Å²) in [4.78, 5) is -0.165. The van der Waals surface area contributed by atoms with Crippen molar-refractivity contribution in [3.05, 3.63) is 59.4 Å². The van der Waals surface area contributed by atoms with E-state index in [1.54, 1.807) is 19.2 Å². The van der Waals surface area contributed by atoms with Crippen molar-refractivity contribution in [1.29, 1.82) is 0 Å². The van der Waals surface area contributed by atoms with Crippen LogP contribution in [0.1, 0.15) is 24.0 Å². The first-order valence-electron chi connectivity index (χ1n) is 7.99. The summed E-state index contributed by atoms with van der Waals surface area (Å²) in [7, 11) is -2.34. The summed E-state index contributed by atoms with van der Waals surface area (Å²) < 4.78 is 45.6. The number of rotatable bonds is 5. The number of hydrogen-bond acceptors (Lipinski definition) is 4. The van der Waals surface area contributed by atoms with Crippen LogP contribution >= 0.6 is 0 Å². The minimum Gasteiger partial charge on any atom is -0.497 e. The first-order valence-corrected chi connectivity index (χ1v) is 9.47. The molecule has 2 N–H and O–H groups in total. The van der Waals surface area contributed by atoms with Crippen LogP contribution in [0.15, 0.2) is 47.4 Å². The molecule has 0 saturated carbocycles. The van der Waals surface area contributed by atoms with E-state index in [2.05, 4.69) is 4.72 Å². The van der Waals surface area contributed by atoms with Gasteiger partial charge in [0, 0.05) is 6.54 Å². The molecule has 0 saturated heterocycles. The standard InChI is InChI=1S/C18H20FNO4S/c1-24-15-7-8-17-13(10-15)4-3-9-18(17,21)12-20-25(22,23)16-6-2-5-14(19)11-16/h2,5-8,10-11,20-21H,3-4,9,12H2,1H3. The zero-order valence-electron chi connectivity index (χ0n) is 13.8. The number of methoxy groups -OCH3 is 1. The number of halogens is 1. The lowest BCUT2D eigenvalue weighted by Gasteiger charge is -2.34. The van der Waals surface area contributed by atoms with Gasteiger partial charge in [0.25, 0.3) is 0 Å². The molecule has 2 aromatic carbocycles. The zero-order valence-corrected chi connectivity index (χ0v) is 14.6. The summed E-state index contributed by atoms with van der Waals surface area (Å²) in [6.45, 7) is -0.175. The van der Waals surface area contributed by atoms with Crippen LogP contribution in [0, 0.1) is 5.82 Å². The van der Waals surface area contributed by atoms with Gasteiger partial charge in [-0.2, -0.15) is 0 Å². The molecule has 2 aromatic rings. The number of aliphatic hydroxyl groups is 1. The van der Waals surface area contributed by atoms with Crippen molar-refractivity contribution in [2.75, 3.05) is 13.7 Å². The molecule has 0 bridgehead atoms. The third kappa shape index (κ3) is 3.68. The molecule has 7 heteroatoms. The molecule has 0 aliphatic heterocycles. The number of benzene rings is 2. The van der Waals surface area contributed by atoms with Gasteiger partial charge in [-0.1, -0.05) is 12.1 Å². The fourth-order valence-electron chi connectivity index (χ4n) is 3.18. The van der Waals surface area contributed by atoms with Gasteiger partial charge in [-0.05, 0) is 60.7 Å². The number of fused-ring (bicyclic) bond motifs is 1. The Morgan fingerprint density at radius 3 is 2.80 bits per heavy atom. The Hall–Kier alpha value is -1.96. The van der Waals surface area contributed by atoms with Crippen molar-refractivity contribution >= 4 is 10.0 Å². The van der Waals surface area contributed by atoms with Gasteiger partial charge in [-0.15, -0.1) is 0 Å². The Kier molecular flexibility index (Phi) is 4.81. The summed E-state index contributed by atoms with van der Waals surface area (Å²) in [5, 5.41) is 11.0. The molecule has 0 amide bonds. The van der Waals surface area contributed by atoms with Crippen molar-refractivity contribution in [3.63, 3.8) is 0 Å². The molecule has 1 atom stereocenters. The van der Waals surface area contributed by atoms with Gasteiger partial charge in [-0.3, -0.25) is 0 Å². The monoisotopic (exact) mass is 365 g/mol. The van der Waals surface area contributed by atoms with Crippen molar-refractivity contribution in [2.24, 2.45) is 0 Å². The molecule has 0 aromatic heterocycles. The van der Waals surface area contributed by atoms with Crippen molar-refractivity contribution in [2.45, 2.75) is 29.8 Å². The second-order valence-electron chi connectivity index (χ2n) is 6.19. The molecule has 0 heterocycles. The smallest absolute Gasteiger partial charge is 0.240 e. The van der Waals surface area contributed by atoms with Gasteiger partial charge in [0.1, 0.15) is 17.2 Å². The topological polar surface area (TPSA) is 75.6 Å². The van der Waals surface area contributed by atoms with Gasteiger partial charge < -0.3 is 9.84 Å². The van der Waals surface area contributed by atoms with E-state index < -0.39 is 21.4 Å². The highest BCUT2D eigenvalue weighted by Gasteiger charge is 2.35. The lowest BCUT2D eigenvalue weighted by atomic mass is 9.79. The molecule has 3 rings (SSSR count). The highest BCUT2D eigenvalue weighted by atomic mass is 32.2. The molecule has 0 radical (unpaired) electrons. The van der Waals surface area contributed by atoms with Gasteiger partial charge in [-0.25, -0.2) is 17.5 Å². The van der Waals surface area contributed by atoms with E-state index in [1.807, 2.05) is 6.07 Å². The molecule has 25 heavy (non-hydrogen) atoms. The average molecular weight is 365 g/mol. The van der Waals surface area contributed by atoms with Crippen LogP contribution in [0.4, 0.5) is 4.39 Å². The van der Waals surface area contributed by atoms with E-state index in [4.69, 9.17) is 4.74 Å². The van der Waals surface area contributed by atoms with Crippen LogP contribution in [0.2, 0.25) is 0 Å². The number of hydrogen-bond donors (Lipinski definition) is 2. The average Bonchev–Trinajstić information content (AvgIpc) is 2.60. The Balaban J connectivity index is 1.84. The summed E-state index contributed by atoms with van der Waals surface area (Å²) in [5.41, 5.74) is 0.333. The summed E-state index contributed by atoms with van der Waals surface area (Å²) in [6.07, 6.45) is 1.97. The minimum atomic E-state index is -3.91. The molecule has 0 fully saturated rings. The lowest BCUT2D eigenvalue weighted by molar-refractivity contribution is 0.0242. The van der Waals surface area contributed by atoms with Crippen LogP contribution in [0.25, 0.3) is 0 Å². The fraction of sp³-hybridized carbons (Fsp3) is 0.333. The van der Waals surface area contributed by atoms with Gasteiger partial charge in [0.2, 0.25) is 10.0 Å². The third-order valence-electron chi connectivity index (χ3n) is 4.51. The van der Waals surface area contributed by atoms with Crippen molar-refractivity contribution < 1.29 is 22.7 Å². The van der Waals surface area contributed by atoms with Crippen LogP contribution in [0.5, 0.6) is 5.75 Å². The van der Waals surface area contributed by atoms with E-state index in [9.17, 15) is 17.9 Å². The predicted molar refractivity (Wildman–Crippen MR) is 91.4 cm³/mol. The number of ether oxygens (including phenoxy) is 1. The first kappa shape index (κ1) is 17.8. The fourth-order valence-corrected chi connectivity index (χ4v) is 4.30. The Morgan fingerprint density at radius 2 is 2.08 bits per heavy atom. The largest absolute Gasteiger partial charge is 0.497 e. The molecular formula is C18H20FNO4S. The molecule has 1 unspecified atom stereocenters. The second kappa shape index (κ2) is 6.74. The van der Waals surface area contributed by atoms with E-state index in [1.165, 1.54) is 18.2 Å². The maximum atomic E-state index is 13.3. The Morgan fingerprint density at radius 1 is 1.28 bits per heavy atom. The normalized spacial score (nSPS) is 20.1. The van der Waals surface area contributed by atoms with Crippen molar-refractivity contribution in [1.82, 2.24) is 4.72 Å². The van der Waals surface area contributed by atoms with Crippen LogP contribution in [-0.4, -0.2) is 27.2 Å². The van der Waals surface area contributed by atoms with Crippen LogP contribution < -0.4 is 9.46 Å². The van der Waals surface area contributed by atoms with E-state index in [0.29, 0.717) is 17.7 Å². The summed E-state index contributed by atoms with van der Waals surface area (Å²) >= 11 is 0. The molecule has 134 valence electrons. The number of sulfonamides is 1. The zero-order chi connectivity index (χ0) is 18.1. The Bertz CT molecular complexity index is 884. The molecule has 1 aliphatic carbocycles. The lowest BCUT2D eigenvalue weighted by Crippen LogP contribution is -2.42. The Labute approximate surface area is 146 Å². The van der Waals surface area contributed by atoms with Gasteiger partial charge in [0.05, 0.1) is 12.0 Å². The van der Waals surface area contributed by atoms with Crippen LogP contribution in [0.3, 0.4) is 0 Å².